The van der Waals surface area contributed by atoms with Crippen molar-refractivity contribution in [2.45, 2.75) is 32.7 Å². The van der Waals surface area contributed by atoms with Crippen molar-refractivity contribution in [3.8, 4) is 5.75 Å². The molecule has 1 aliphatic rings. The molecule has 1 aliphatic heterocycles. The molecule has 0 radical (unpaired) electrons. The molecule has 0 aliphatic carbocycles. The molecule has 1 fully saturated rings. The molecule has 2 rings (SSSR count). The molecule has 1 N–H and O–H groups in total. The second kappa shape index (κ2) is 10.2. The molecule has 0 amide bonds. The topological polar surface area (TPSA) is 46.1 Å². The van der Waals surface area contributed by atoms with Gasteiger partial charge in [0.1, 0.15) is 5.75 Å². The zero-order valence-electron chi connectivity index (χ0n) is 15.3. The molecular weight excluding hydrogens is 302 g/mol. The van der Waals surface area contributed by atoms with Crippen LogP contribution in [0.2, 0.25) is 0 Å². The van der Waals surface area contributed by atoms with Crippen LogP contribution in [0.3, 0.4) is 0 Å². The quantitative estimate of drug-likeness (QED) is 0.473. The van der Waals surface area contributed by atoms with Crippen LogP contribution < -0.4 is 10.1 Å². The Kier molecular flexibility index (Phi) is 7.89. The predicted molar refractivity (Wildman–Crippen MR) is 98.6 cm³/mol. The van der Waals surface area contributed by atoms with Crippen molar-refractivity contribution >= 4 is 5.96 Å². The molecule has 0 saturated carbocycles. The third-order valence-electron chi connectivity index (χ3n) is 4.28. The summed E-state index contributed by atoms with van der Waals surface area (Å²) in [6.07, 6.45) is 3.46. The fourth-order valence-electron chi connectivity index (χ4n) is 3.03. The minimum atomic E-state index is 0.679. The maximum Gasteiger partial charge on any atom is 0.193 e. The highest BCUT2D eigenvalue weighted by Gasteiger charge is 2.18. The summed E-state index contributed by atoms with van der Waals surface area (Å²) in [4.78, 5) is 6.80. The number of aliphatic imine (C=N–C) groups is 1. The minimum absolute atomic E-state index is 0.679. The molecule has 0 spiro atoms. The van der Waals surface area contributed by atoms with Crippen LogP contribution in [0.1, 0.15) is 31.7 Å². The van der Waals surface area contributed by atoms with E-state index in [-0.39, 0.29) is 0 Å². The number of guanidine groups is 1. The number of likely N-dealkylation sites (tertiary alicyclic amines) is 1. The van der Waals surface area contributed by atoms with Crippen molar-refractivity contribution in [3.63, 3.8) is 0 Å². The molecule has 24 heavy (non-hydrogen) atoms. The number of hydrogen-bond acceptors (Lipinski definition) is 3. The lowest BCUT2D eigenvalue weighted by atomic mass is 10.0. The summed E-state index contributed by atoms with van der Waals surface area (Å²) in [7, 11) is 3.57. The van der Waals surface area contributed by atoms with Gasteiger partial charge in [0.15, 0.2) is 5.96 Å². The van der Waals surface area contributed by atoms with Gasteiger partial charge in [-0.15, -0.1) is 0 Å². The van der Waals surface area contributed by atoms with Crippen LogP contribution in [0.4, 0.5) is 0 Å². The van der Waals surface area contributed by atoms with E-state index in [2.05, 4.69) is 34.3 Å². The van der Waals surface area contributed by atoms with Crippen LogP contribution in [0.25, 0.3) is 0 Å². The molecular formula is C19H31N3O2. The largest absolute Gasteiger partial charge is 0.493 e. The first-order chi connectivity index (χ1) is 11.7. The number of nitrogens with one attached hydrogen (secondary N) is 1. The summed E-state index contributed by atoms with van der Waals surface area (Å²) in [5.74, 6) is 2.64. The summed E-state index contributed by atoms with van der Waals surface area (Å²) in [5, 5.41) is 3.48. The average molecular weight is 333 g/mol. The van der Waals surface area contributed by atoms with Gasteiger partial charge in [-0.05, 0) is 36.5 Å². The van der Waals surface area contributed by atoms with Gasteiger partial charge in [0.25, 0.3) is 0 Å². The second-order valence-electron chi connectivity index (χ2n) is 6.44. The molecule has 0 aromatic heterocycles. The van der Waals surface area contributed by atoms with Gasteiger partial charge in [-0.3, -0.25) is 4.99 Å². The van der Waals surface area contributed by atoms with Crippen molar-refractivity contribution in [2.75, 3.05) is 40.5 Å². The van der Waals surface area contributed by atoms with Crippen LogP contribution in [0, 0.1) is 5.92 Å². The van der Waals surface area contributed by atoms with E-state index in [1.54, 1.807) is 7.11 Å². The number of rotatable bonds is 7. The Morgan fingerprint density at radius 2 is 2.25 bits per heavy atom. The van der Waals surface area contributed by atoms with Crippen LogP contribution in [0.5, 0.6) is 5.75 Å². The maximum atomic E-state index is 5.76. The average Bonchev–Trinajstić information content (AvgIpc) is 2.60. The van der Waals surface area contributed by atoms with E-state index in [4.69, 9.17) is 9.47 Å². The fraction of sp³-hybridized carbons (Fsp3) is 0.632. The highest BCUT2D eigenvalue weighted by molar-refractivity contribution is 5.80. The zero-order valence-corrected chi connectivity index (χ0v) is 15.3. The molecule has 134 valence electrons. The number of piperidine rings is 1. The highest BCUT2D eigenvalue weighted by Crippen LogP contribution is 2.16. The normalized spacial score (nSPS) is 18.5. The second-order valence-corrected chi connectivity index (χ2v) is 6.44. The molecule has 1 atom stereocenters. The zero-order chi connectivity index (χ0) is 17.2. The van der Waals surface area contributed by atoms with E-state index >= 15 is 0 Å². The Morgan fingerprint density at radius 3 is 3.00 bits per heavy atom. The highest BCUT2D eigenvalue weighted by atomic mass is 16.5. The van der Waals surface area contributed by atoms with Crippen molar-refractivity contribution in [1.82, 2.24) is 10.2 Å². The van der Waals surface area contributed by atoms with Gasteiger partial charge < -0.3 is 19.7 Å². The molecule has 1 heterocycles. The first-order valence-electron chi connectivity index (χ1n) is 8.89. The van der Waals surface area contributed by atoms with E-state index < -0.39 is 0 Å². The Morgan fingerprint density at radius 1 is 1.38 bits per heavy atom. The molecule has 1 saturated heterocycles. The third kappa shape index (κ3) is 6.04. The van der Waals surface area contributed by atoms with Gasteiger partial charge in [-0.25, -0.2) is 0 Å². The van der Waals surface area contributed by atoms with Gasteiger partial charge in [0.2, 0.25) is 0 Å². The van der Waals surface area contributed by atoms with E-state index in [1.807, 2.05) is 19.2 Å². The van der Waals surface area contributed by atoms with Crippen LogP contribution in [-0.2, 0) is 11.3 Å². The van der Waals surface area contributed by atoms with Crippen molar-refractivity contribution in [1.29, 1.82) is 0 Å². The first-order valence-corrected chi connectivity index (χ1v) is 8.89. The predicted octanol–water partition coefficient (Wildman–Crippen LogP) is 2.91. The van der Waals surface area contributed by atoms with E-state index in [9.17, 15) is 0 Å². The Balaban J connectivity index is 1.84. The lowest BCUT2D eigenvalue weighted by Crippen LogP contribution is -2.45. The number of methoxy groups -OCH3 is 1. The summed E-state index contributed by atoms with van der Waals surface area (Å²) >= 11 is 0. The first kappa shape index (κ1) is 18.6. The van der Waals surface area contributed by atoms with Gasteiger partial charge in [0, 0.05) is 46.8 Å². The van der Waals surface area contributed by atoms with Crippen molar-refractivity contribution < 1.29 is 9.47 Å². The van der Waals surface area contributed by atoms with E-state index in [0.717, 1.165) is 50.3 Å². The SMILES string of the molecule is CN=C(NCc1cccc(OCCCOC)c1)N1CCCC(C)C1. The molecule has 1 aromatic rings. The smallest absolute Gasteiger partial charge is 0.193 e. The third-order valence-corrected chi connectivity index (χ3v) is 4.28. The van der Waals surface area contributed by atoms with Crippen LogP contribution in [-0.4, -0.2) is 51.3 Å². The van der Waals surface area contributed by atoms with E-state index in [1.165, 1.54) is 18.4 Å². The fourth-order valence-corrected chi connectivity index (χ4v) is 3.03. The molecule has 1 aromatic carbocycles. The summed E-state index contributed by atoms with van der Waals surface area (Å²) < 4.78 is 10.8. The lowest BCUT2D eigenvalue weighted by molar-refractivity contribution is 0.172. The number of nitrogens with zero attached hydrogens (tertiary/aromatic N) is 2. The van der Waals surface area contributed by atoms with Crippen molar-refractivity contribution in [2.24, 2.45) is 10.9 Å². The van der Waals surface area contributed by atoms with Gasteiger partial charge in [-0.1, -0.05) is 19.1 Å². The monoisotopic (exact) mass is 333 g/mol. The Labute approximate surface area is 146 Å². The number of ether oxygens (including phenoxy) is 2. The molecule has 0 bridgehead atoms. The van der Waals surface area contributed by atoms with Crippen LogP contribution in [0.15, 0.2) is 29.3 Å². The molecule has 1 unspecified atom stereocenters. The summed E-state index contributed by atoms with van der Waals surface area (Å²) in [6.45, 7) is 6.65. The van der Waals surface area contributed by atoms with Gasteiger partial charge in [0.05, 0.1) is 6.61 Å². The molecule has 5 heteroatoms. The number of benzene rings is 1. The lowest BCUT2D eigenvalue weighted by Gasteiger charge is -2.33. The van der Waals surface area contributed by atoms with Crippen molar-refractivity contribution in [3.05, 3.63) is 29.8 Å². The van der Waals surface area contributed by atoms with E-state index in [0.29, 0.717) is 6.61 Å². The van der Waals surface area contributed by atoms with Gasteiger partial charge >= 0.3 is 0 Å². The maximum absolute atomic E-state index is 5.76. The van der Waals surface area contributed by atoms with Crippen LogP contribution >= 0.6 is 0 Å². The number of hydrogen-bond donors (Lipinski definition) is 1. The van der Waals surface area contributed by atoms with Gasteiger partial charge in [-0.2, -0.15) is 0 Å². The minimum Gasteiger partial charge on any atom is -0.493 e. The summed E-state index contributed by atoms with van der Waals surface area (Å²) in [6, 6.07) is 8.23. The standard InChI is InChI=1S/C19H31N3O2/c1-16-7-5-10-22(15-16)19(20-2)21-14-17-8-4-9-18(13-17)24-12-6-11-23-3/h4,8-9,13,16H,5-7,10-12,14-15H2,1-3H3,(H,20,21). The molecule has 5 nitrogen and oxygen atoms in total. The Bertz CT molecular complexity index is 519. The Hall–Kier alpha value is -1.75. The summed E-state index contributed by atoms with van der Waals surface area (Å²) in [5.41, 5.74) is 1.20.